The number of benzene rings is 1. The highest BCUT2D eigenvalue weighted by molar-refractivity contribution is 8.21. The molecule has 1 aromatic rings. The summed E-state index contributed by atoms with van der Waals surface area (Å²) < 4.78 is 6.40. The quantitative estimate of drug-likeness (QED) is 0.633. The Morgan fingerprint density at radius 3 is 2.38 bits per heavy atom. The van der Waals surface area contributed by atoms with Gasteiger partial charge in [-0.1, -0.05) is 31.2 Å². The molecular weight excluding hydrogens is 336 g/mol. The fourth-order valence-electron chi connectivity index (χ4n) is 3.26. The number of hydrogen-bond acceptors (Lipinski definition) is 4. The number of thioether (sulfide) groups is 2. The van der Waals surface area contributed by atoms with E-state index in [-0.39, 0.29) is 11.8 Å². The fraction of sp³-hybridized carbons (Fsp3) is 0.500. The Bertz CT molecular complexity index is 603. The largest absolute Gasteiger partial charge is 0.497 e. The molecule has 0 saturated heterocycles. The van der Waals surface area contributed by atoms with Crippen LogP contribution in [0.2, 0.25) is 0 Å². The van der Waals surface area contributed by atoms with E-state index in [1.807, 2.05) is 19.1 Å². The van der Waals surface area contributed by atoms with E-state index < -0.39 is 5.60 Å². The molecule has 1 aliphatic rings. The van der Waals surface area contributed by atoms with Crippen molar-refractivity contribution in [1.82, 2.24) is 0 Å². The summed E-state index contributed by atoms with van der Waals surface area (Å²) in [6.07, 6.45) is 7.19. The average Bonchev–Trinajstić information content (AvgIpc) is 3.40. The second-order valence-electron chi connectivity index (χ2n) is 6.55. The summed E-state index contributed by atoms with van der Waals surface area (Å²) in [7, 11) is 1.68. The van der Waals surface area contributed by atoms with E-state index in [1.54, 1.807) is 30.6 Å². The highest BCUT2D eigenvalue weighted by Crippen LogP contribution is 2.57. The first-order valence-corrected chi connectivity index (χ1v) is 10.6. The van der Waals surface area contributed by atoms with E-state index in [2.05, 4.69) is 44.2 Å². The number of rotatable bonds is 8. The summed E-state index contributed by atoms with van der Waals surface area (Å²) in [4.78, 5) is 0. The molecule has 4 atom stereocenters. The smallest absolute Gasteiger partial charge is 0.118 e. The van der Waals surface area contributed by atoms with Crippen molar-refractivity contribution in [2.45, 2.75) is 31.8 Å². The Balaban J connectivity index is 2.29. The molecule has 2 nitrogen and oxygen atoms in total. The van der Waals surface area contributed by atoms with Crippen LogP contribution in [0, 0.1) is 11.8 Å². The molecule has 0 radical (unpaired) electrons. The van der Waals surface area contributed by atoms with Crippen molar-refractivity contribution < 1.29 is 9.84 Å². The van der Waals surface area contributed by atoms with Crippen molar-refractivity contribution in [1.29, 1.82) is 0 Å². The van der Waals surface area contributed by atoms with Gasteiger partial charge in [0, 0.05) is 10.2 Å². The zero-order chi connectivity index (χ0) is 17.9. The lowest BCUT2D eigenvalue weighted by atomic mass is 9.79. The Labute approximate surface area is 154 Å². The maximum absolute atomic E-state index is 11.6. The van der Waals surface area contributed by atoms with Crippen LogP contribution < -0.4 is 4.74 Å². The standard InChI is InChI=1S/C20H28O2S2/c1-13(2)14(3)20(21,12-19(23-5)24-6)18-11-17(18)15-7-9-16(22-4)10-8-15/h7-10,12,14,17-18,21H,1,11H2,2-6H3. The van der Waals surface area contributed by atoms with E-state index in [0.717, 1.165) is 22.0 Å². The van der Waals surface area contributed by atoms with Crippen molar-refractivity contribution in [2.24, 2.45) is 11.8 Å². The van der Waals surface area contributed by atoms with Crippen LogP contribution in [0.15, 0.2) is 46.7 Å². The van der Waals surface area contributed by atoms with Crippen LogP contribution in [0.3, 0.4) is 0 Å². The molecule has 1 fully saturated rings. The second kappa shape index (κ2) is 8.03. The van der Waals surface area contributed by atoms with Crippen molar-refractivity contribution >= 4 is 23.5 Å². The van der Waals surface area contributed by atoms with Gasteiger partial charge in [-0.05, 0) is 61.5 Å². The zero-order valence-corrected chi connectivity index (χ0v) is 16.8. The third kappa shape index (κ3) is 4.04. The van der Waals surface area contributed by atoms with Gasteiger partial charge in [0.1, 0.15) is 5.75 Å². The summed E-state index contributed by atoms with van der Waals surface area (Å²) in [6, 6.07) is 8.22. The molecule has 2 rings (SSSR count). The molecule has 24 heavy (non-hydrogen) atoms. The summed E-state index contributed by atoms with van der Waals surface area (Å²) in [6.45, 7) is 8.18. The normalized spacial score (nSPS) is 23.1. The van der Waals surface area contributed by atoms with Gasteiger partial charge in [-0.15, -0.1) is 23.5 Å². The second-order valence-corrected chi connectivity index (χ2v) is 8.50. The van der Waals surface area contributed by atoms with Crippen LogP contribution in [-0.4, -0.2) is 30.3 Å². The Kier molecular flexibility index (Phi) is 6.52. The Hall–Kier alpha value is -0.840. The maximum atomic E-state index is 11.6. The molecular formula is C20H28O2S2. The average molecular weight is 365 g/mol. The molecule has 1 saturated carbocycles. The summed E-state index contributed by atoms with van der Waals surface area (Å²) in [5.74, 6) is 1.52. The highest BCUT2D eigenvalue weighted by Gasteiger charge is 2.54. The lowest BCUT2D eigenvalue weighted by molar-refractivity contribution is 0.0263. The van der Waals surface area contributed by atoms with Crippen LogP contribution >= 0.6 is 23.5 Å². The third-order valence-corrected chi connectivity index (χ3v) is 7.15. The van der Waals surface area contributed by atoms with E-state index in [9.17, 15) is 5.11 Å². The predicted molar refractivity (Wildman–Crippen MR) is 108 cm³/mol. The molecule has 0 amide bonds. The van der Waals surface area contributed by atoms with E-state index in [1.165, 1.54) is 5.56 Å². The summed E-state index contributed by atoms with van der Waals surface area (Å²) in [5, 5.41) is 11.6. The first-order valence-electron chi connectivity index (χ1n) is 8.19. The van der Waals surface area contributed by atoms with Gasteiger partial charge in [0.15, 0.2) is 0 Å². The van der Waals surface area contributed by atoms with Crippen LogP contribution in [0.5, 0.6) is 5.75 Å². The Morgan fingerprint density at radius 1 is 1.33 bits per heavy atom. The van der Waals surface area contributed by atoms with Gasteiger partial charge in [0.05, 0.1) is 12.7 Å². The molecule has 1 N–H and O–H groups in total. The fourth-order valence-corrected chi connectivity index (χ4v) is 4.54. The van der Waals surface area contributed by atoms with Crippen molar-refractivity contribution in [3.8, 4) is 5.75 Å². The summed E-state index contributed by atoms with van der Waals surface area (Å²) in [5.41, 5.74) is 1.45. The number of aliphatic hydroxyl groups is 1. The minimum absolute atomic E-state index is 0.0278. The SMILES string of the molecule is C=C(C)C(C)C(O)(C=C(SC)SC)C1CC1c1ccc(OC)cc1. The third-order valence-electron chi connectivity index (χ3n) is 5.11. The molecule has 0 aliphatic heterocycles. The lowest BCUT2D eigenvalue weighted by Gasteiger charge is -2.33. The Morgan fingerprint density at radius 2 is 1.92 bits per heavy atom. The number of ether oxygens (including phenoxy) is 1. The molecule has 0 bridgehead atoms. The summed E-state index contributed by atoms with van der Waals surface area (Å²) >= 11 is 3.38. The zero-order valence-electron chi connectivity index (χ0n) is 15.2. The molecule has 1 aliphatic carbocycles. The molecule has 0 spiro atoms. The highest BCUT2D eigenvalue weighted by atomic mass is 32.2. The molecule has 0 aromatic heterocycles. The van der Waals surface area contributed by atoms with Crippen LogP contribution in [0.4, 0.5) is 0 Å². The van der Waals surface area contributed by atoms with E-state index >= 15 is 0 Å². The van der Waals surface area contributed by atoms with Crippen molar-refractivity contribution in [3.63, 3.8) is 0 Å². The number of methoxy groups -OCH3 is 1. The van der Waals surface area contributed by atoms with Crippen molar-refractivity contribution in [3.05, 3.63) is 52.3 Å². The van der Waals surface area contributed by atoms with Gasteiger partial charge in [-0.2, -0.15) is 0 Å². The van der Waals surface area contributed by atoms with Crippen molar-refractivity contribution in [2.75, 3.05) is 19.6 Å². The van der Waals surface area contributed by atoms with Gasteiger partial charge >= 0.3 is 0 Å². The molecule has 4 unspecified atom stereocenters. The maximum Gasteiger partial charge on any atom is 0.118 e. The van der Waals surface area contributed by atoms with Gasteiger partial charge in [0.25, 0.3) is 0 Å². The van der Waals surface area contributed by atoms with E-state index in [4.69, 9.17) is 4.74 Å². The van der Waals surface area contributed by atoms with Gasteiger partial charge in [0.2, 0.25) is 0 Å². The van der Waals surface area contributed by atoms with E-state index in [0.29, 0.717) is 5.92 Å². The number of hydrogen-bond donors (Lipinski definition) is 1. The monoisotopic (exact) mass is 364 g/mol. The van der Waals surface area contributed by atoms with Crippen LogP contribution in [0.1, 0.15) is 31.7 Å². The molecule has 132 valence electrons. The van der Waals surface area contributed by atoms with Gasteiger partial charge in [-0.3, -0.25) is 0 Å². The molecule has 0 heterocycles. The lowest BCUT2D eigenvalue weighted by Crippen LogP contribution is -2.38. The molecule has 1 aromatic carbocycles. The predicted octanol–water partition coefficient (Wildman–Crippen LogP) is 5.31. The van der Waals surface area contributed by atoms with Gasteiger partial charge in [-0.25, -0.2) is 0 Å². The first-order chi connectivity index (χ1) is 11.4. The van der Waals surface area contributed by atoms with Crippen LogP contribution in [-0.2, 0) is 0 Å². The molecule has 4 heteroatoms. The first kappa shape index (κ1) is 19.5. The van der Waals surface area contributed by atoms with Crippen LogP contribution in [0.25, 0.3) is 0 Å². The minimum Gasteiger partial charge on any atom is -0.497 e. The minimum atomic E-state index is -0.849. The van der Waals surface area contributed by atoms with Gasteiger partial charge < -0.3 is 9.84 Å². The topological polar surface area (TPSA) is 29.5 Å².